The maximum Gasteiger partial charge on any atom is 0.295 e. The zero-order valence-electron chi connectivity index (χ0n) is 16.4. The quantitative estimate of drug-likeness (QED) is 0.645. The van der Waals surface area contributed by atoms with Crippen LogP contribution in [-0.2, 0) is 14.6 Å². The number of anilines is 1. The number of halogens is 1. The highest BCUT2D eigenvalue weighted by Crippen LogP contribution is 2.44. The standard InChI is InChI=1S/C23H18FNO5S/c1-30-18-13-11-17(12-14-18)25-20(15-7-9-16(24)10-8-15)22(21(26)23(25)27)31(28,29)19-5-3-2-4-6-19/h2-14,20,26H,1H3. The lowest BCUT2D eigenvalue weighted by molar-refractivity contribution is -0.117. The molecule has 0 bridgehead atoms. The van der Waals surface area contributed by atoms with E-state index < -0.39 is 38.3 Å². The van der Waals surface area contributed by atoms with E-state index in [-0.39, 0.29) is 4.90 Å². The number of ether oxygens (including phenoxy) is 1. The van der Waals surface area contributed by atoms with Crippen LogP contribution in [-0.4, -0.2) is 26.5 Å². The molecule has 1 atom stereocenters. The van der Waals surface area contributed by atoms with Crippen LogP contribution in [0.5, 0.6) is 5.75 Å². The molecule has 0 aromatic heterocycles. The molecule has 6 nitrogen and oxygen atoms in total. The summed E-state index contributed by atoms with van der Waals surface area (Å²) in [7, 11) is -2.74. The van der Waals surface area contributed by atoms with Crippen molar-refractivity contribution in [2.75, 3.05) is 12.0 Å². The fraction of sp³-hybridized carbons (Fsp3) is 0.0870. The zero-order valence-corrected chi connectivity index (χ0v) is 17.2. The molecule has 3 aromatic carbocycles. The van der Waals surface area contributed by atoms with Crippen molar-refractivity contribution in [3.05, 3.63) is 101 Å². The molecule has 0 saturated heterocycles. The lowest BCUT2D eigenvalue weighted by Gasteiger charge is -2.27. The average Bonchev–Trinajstić information content (AvgIpc) is 3.06. The Kier molecular flexibility index (Phi) is 5.24. The molecule has 1 aliphatic heterocycles. The number of nitrogens with zero attached hydrogens (tertiary/aromatic N) is 1. The molecule has 1 unspecified atom stereocenters. The second kappa shape index (κ2) is 7.88. The van der Waals surface area contributed by atoms with Crippen molar-refractivity contribution in [2.45, 2.75) is 10.9 Å². The summed E-state index contributed by atoms with van der Waals surface area (Å²) in [5.41, 5.74) is 0.689. The van der Waals surface area contributed by atoms with Crippen LogP contribution < -0.4 is 9.64 Å². The van der Waals surface area contributed by atoms with Gasteiger partial charge >= 0.3 is 0 Å². The minimum absolute atomic E-state index is 0.0620. The first-order chi connectivity index (χ1) is 14.8. The summed E-state index contributed by atoms with van der Waals surface area (Å²) in [5, 5.41) is 10.7. The van der Waals surface area contributed by atoms with Crippen LogP contribution in [0.25, 0.3) is 0 Å². The van der Waals surface area contributed by atoms with Gasteiger partial charge in [-0.05, 0) is 54.1 Å². The Morgan fingerprint density at radius 2 is 1.55 bits per heavy atom. The van der Waals surface area contributed by atoms with Gasteiger partial charge in [0, 0.05) is 5.69 Å². The summed E-state index contributed by atoms with van der Waals surface area (Å²) in [4.78, 5) is 13.7. The number of rotatable bonds is 5. The van der Waals surface area contributed by atoms with Gasteiger partial charge in [0.2, 0.25) is 9.84 Å². The Balaban J connectivity index is 1.92. The second-order valence-corrected chi connectivity index (χ2v) is 8.77. The number of sulfone groups is 1. The minimum Gasteiger partial charge on any atom is -0.502 e. The summed E-state index contributed by atoms with van der Waals surface area (Å²) in [5.74, 6) is -1.70. The first-order valence-corrected chi connectivity index (χ1v) is 10.8. The van der Waals surface area contributed by atoms with Crippen molar-refractivity contribution in [1.29, 1.82) is 0 Å². The number of hydrogen-bond donors (Lipinski definition) is 1. The van der Waals surface area contributed by atoms with Crippen molar-refractivity contribution in [2.24, 2.45) is 0 Å². The highest BCUT2D eigenvalue weighted by atomic mass is 32.2. The number of aliphatic hydroxyl groups is 1. The van der Waals surface area contributed by atoms with E-state index in [9.17, 15) is 22.7 Å². The number of methoxy groups -OCH3 is 1. The van der Waals surface area contributed by atoms with Gasteiger partial charge in [0.05, 0.1) is 12.0 Å². The molecule has 0 fully saturated rings. The monoisotopic (exact) mass is 439 g/mol. The Labute approximate surface area is 178 Å². The summed E-state index contributed by atoms with van der Waals surface area (Å²) < 4.78 is 45.5. The molecule has 31 heavy (non-hydrogen) atoms. The molecular weight excluding hydrogens is 421 g/mol. The molecule has 3 aromatic rings. The van der Waals surface area contributed by atoms with Gasteiger partial charge in [0.15, 0.2) is 5.76 Å². The number of benzene rings is 3. The number of aliphatic hydroxyl groups excluding tert-OH is 1. The maximum absolute atomic E-state index is 13.6. The molecule has 1 amide bonds. The van der Waals surface area contributed by atoms with E-state index in [0.29, 0.717) is 17.0 Å². The Morgan fingerprint density at radius 3 is 2.13 bits per heavy atom. The van der Waals surface area contributed by atoms with Crippen LogP contribution in [0.1, 0.15) is 11.6 Å². The van der Waals surface area contributed by atoms with Gasteiger partial charge in [-0.15, -0.1) is 0 Å². The molecule has 4 rings (SSSR count). The number of amides is 1. The molecule has 1 N–H and O–H groups in total. The van der Waals surface area contributed by atoms with Crippen LogP contribution in [0.3, 0.4) is 0 Å². The second-order valence-electron chi connectivity index (χ2n) is 6.86. The van der Waals surface area contributed by atoms with Crippen LogP contribution in [0.2, 0.25) is 0 Å². The highest BCUT2D eigenvalue weighted by molar-refractivity contribution is 7.95. The first-order valence-electron chi connectivity index (χ1n) is 9.31. The van der Waals surface area contributed by atoms with Crippen molar-refractivity contribution >= 4 is 21.4 Å². The Morgan fingerprint density at radius 1 is 0.935 bits per heavy atom. The fourth-order valence-corrected chi connectivity index (χ4v) is 5.19. The molecule has 1 aliphatic rings. The van der Waals surface area contributed by atoms with E-state index in [1.54, 1.807) is 42.5 Å². The number of hydrogen-bond acceptors (Lipinski definition) is 5. The third-order valence-electron chi connectivity index (χ3n) is 5.04. The summed E-state index contributed by atoms with van der Waals surface area (Å²) in [6.07, 6.45) is 0. The minimum atomic E-state index is -4.23. The highest BCUT2D eigenvalue weighted by Gasteiger charge is 2.47. The predicted molar refractivity (Wildman–Crippen MR) is 113 cm³/mol. The van der Waals surface area contributed by atoms with Crippen molar-refractivity contribution in [1.82, 2.24) is 0 Å². The molecule has 0 spiro atoms. The van der Waals surface area contributed by atoms with Gasteiger partial charge in [-0.2, -0.15) is 0 Å². The average molecular weight is 439 g/mol. The molecule has 158 valence electrons. The van der Waals surface area contributed by atoms with Crippen LogP contribution >= 0.6 is 0 Å². The van der Waals surface area contributed by atoms with Gasteiger partial charge < -0.3 is 9.84 Å². The van der Waals surface area contributed by atoms with E-state index in [2.05, 4.69) is 0 Å². The SMILES string of the molecule is COc1ccc(N2C(=O)C(O)=C(S(=O)(=O)c3ccccc3)C2c2ccc(F)cc2)cc1. The largest absolute Gasteiger partial charge is 0.502 e. The molecule has 0 radical (unpaired) electrons. The van der Waals surface area contributed by atoms with E-state index in [4.69, 9.17) is 4.74 Å². The van der Waals surface area contributed by atoms with E-state index in [1.165, 1.54) is 48.4 Å². The van der Waals surface area contributed by atoms with Crippen molar-refractivity contribution < 1.29 is 27.4 Å². The van der Waals surface area contributed by atoms with Gasteiger partial charge in [0.1, 0.15) is 22.5 Å². The normalized spacial score (nSPS) is 16.6. The van der Waals surface area contributed by atoms with E-state index in [0.717, 1.165) is 0 Å². The molecule has 0 aliphatic carbocycles. The summed E-state index contributed by atoms with van der Waals surface area (Å²) in [6.45, 7) is 0. The van der Waals surface area contributed by atoms with Crippen molar-refractivity contribution in [3.63, 3.8) is 0 Å². The zero-order chi connectivity index (χ0) is 22.2. The predicted octanol–water partition coefficient (Wildman–Crippen LogP) is 4.17. The first kappa shape index (κ1) is 20.6. The molecule has 8 heteroatoms. The molecular formula is C23H18FNO5S. The fourth-order valence-electron chi connectivity index (χ4n) is 3.54. The summed E-state index contributed by atoms with van der Waals surface area (Å²) in [6, 6.07) is 17.9. The molecule has 0 saturated carbocycles. The maximum atomic E-state index is 13.6. The summed E-state index contributed by atoms with van der Waals surface area (Å²) >= 11 is 0. The van der Waals surface area contributed by atoms with Gasteiger partial charge in [-0.3, -0.25) is 9.69 Å². The third-order valence-corrected chi connectivity index (χ3v) is 6.93. The third kappa shape index (κ3) is 3.55. The lowest BCUT2D eigenvalue weighted by Crippen LogP contribution is -2.31. The van der Waals surface area contributed by atoms with Gasteiger partial charge in [-0.1, -0.05) is 30.3 Å². The van der Waals surface area contributed by atoms with Crippen LogP contribution in [0.15, 0.2) is 94.4 Å². The van der Waals surface area contributed by atoms with Gasteiger partial charge in [0.25, 0.3) is 5.91 Å². The lowest BCUT2D eigenvalue weighted by atomic mass is 10.1. The van der Waals surface area contributed by atoms with Crippen LogP contribution in [0, 0.1) is 5.82 Å². The number of carbonyl (C=O) groups excluding carboxylic acids is 1. The number of carbonyl (C=O) groups is 1. The molecule has 1 heterocycles. The Bertz CT molecular complexity index is 1250. The smallest absolute Gasteiger partial charge is 0.295 e. The Hall–Kier alpha value is -3.65. The van der Waals surface area contributed by atoms with Crippen molar-refractivity contribution in [3.8, 4) is 5.75 Å². The van der Waals surface area contributed by atoms with E-state index >= 15 is 0 Å². The topological polar surface area (TPSA) is 83.9 Å². The van der Waals surface area contributed by atoms with Crippen LogP contribution in [0.4, 0.5) is 10.1 Å². The van der Waals surface area contributed by atoms with Gasteiger partial charge in [-0.25, -0.2) is 12.8 Å². The van der Waals surface area contributed by atoms with E-state index in [1.807, 2.05) is 0 Å².